The summed E-state index contributed by atoms with van der Waals surface area (Å²) in [7, 11) is 0. The molecule has 0 saturated carbocycles. The molecule has 0 aliphatic carbocycles. The molecule has 2 aromatic heterocycles. The van der Waals surface area contributed by atoms with Gasteiger partial charge in [-0.05, 0) is 31.2 Å². The topological polar surface area (TPSA) is 94.5 Å². The number of nitrogens with zero attached hydrogens (tertiary/aromatic N) is 6. The van der Waals surface area contributed by atoms with E-state index in [2.05, 4.69) is 51.8 Å². The summed E-state index contributed by atoms with van der Waals surface area (Å²) in [6, 6.07) is 0. The van der Waals surface area contributed by atoms with Gasteiger partial charge in [-0.25, -0.2) is 4.68 Å². The molecule has 20 heavy (non-hydrogen) atoms. The second-order valence-corrected chi connectivity index (χ2v) is 6.32. The lowest BCUT2D eigenvalue weighted by Gasteiger charge is -2.20. The monoisotopic (exact) mass is 297 g/mol. The zero-order chi connectivity index (χ0) is 14.6. The number of nitrogens with one attached hydrogen (secondary N) is 1. The van der Waals surface area contributed by atoms with Crippen LogP contribution in [-0.2, 0) is 12.3 Å². The van der Waals surface area contributed by atoms with Gasteiger partial charge in [0.15, 0.2) is 5.82 Å². The lowest BCUT2D eigenvalue weighted by Crippen LogP contribution is -2.38. The normalized spacial score (nSPS) is 12.0. The van der Waals surface area contributed by atoms with Crippen molar-refractivity contribution in [1.29, 1.82) is 0 Å². The molecule has 0 radical (unpaired) electrons. The number of thioether (sulfide) groups is 1. The Kier molecular flexibility index (Phi) is 4.71. The van der Waals surface area contributed by atoms with Gasteiger partial charge in [-0.1, -0.05) is 16.9 Å². The molecule has 0 unspecified atom stereocenters. The van der Waals surface area contributed by atoms with Crippen LogP contribution in [0.25, 0.3) is 0 Å². The van der Waals surface area contributed by atoms with Crippen LogP contribution in [-0.4, -0.2) is 42.4 Å². The number of hydrogen-bond acceptors (Lipinski definition) is 8. The maximum Gasteiger partial charge on any atom is 0.223 e. The lowest BCUT2D eigenvalue weighted by molar-refractivity contribution is 0.389. The number of hydrogen-bond donors (Lipinski definition) is 1. The molecule has 8 nitrogen and oxygen atoms in total. The van der Waals surface area contributed by atoms with Crippen molar-refractivity contribution in [3.8, 4) is 0 Å². The van der Waals surface area contributed by atoms with Crippen LogP contribution < -0.4 is 5.32 Å². The molecule has 0 fully saturated rings. The van der Waals surface area contributed by atoms with Crippen molar-refractivity contribution < 1.29 is 4.52 Å². The predicted molar refractivity (Wildman–Crippen MR) is 74.2 cm³/mol. The number of rotatable bonds is 6. The highest BCUT2D eigenvalue weighted by molar-refractivity contribution is 7.98. The summed E-state index contributed by atoms with van der Waals surface area (Å²) in [5.74, 6) is 1.80. The average molecular weight is 297 g/mol. The summed E-state index contributed by atoms with van der Waals surface area (Å²) < 4.78 is 6.70. The molecule has 110 valence electrons. The summed E-state index contributed by atoms with van der Waals surface area (Å²) in [5, 5.41) is 19.7. The van der Waals surface area contributed by atoms with E-state index in [1.807, 2.05) is 0 Å². The van der Waals surface area contributed by atoms with Crippen LogP contribution in [0.4, 0.5) is 0 Å². The Bertz CT molecular complexity index is 545. The molecular weight excluding hydrogens is 278 g/mol. The summed E-state index contributed by atoms with van der Waals surface area (Å²) in [6.45, 7) is 9.67. The molecule has 0 atom stereocenters. The molecule has 0 saturated heterocycles. The largest absolute Gasteiger partial charge is 0.340 e. The van der Waals surface area contributed by atoms with Gasteiger partial charge >= 0.3 is 0 Å². The Labute approximate surface area is 121 Å². The van der Waals surface area contributed by atoms with Gasteiger partial charge in [0.1, 0.15) is 0 Å². The van der Waals surface area contributed by atoms with Crippen LogP contribution in [0.1, 0.15) is 32.5 Å². The van der Waals surface area contributed by atoms with Crippen LogP contribution in [0.2, 0.25) is 0 Å². The van der Waals surface area contributed by atoms with Gasteiger partial charge in [-0.2, -0.15) is 4.98 Å². The summed E-state index contributed by atoms with van der Waals surface area (Å²) in [4.78, 5) is 4.15. The predicted octanol–water partition coefficient (Wildman–Crippen LogP) is 1.04. The molecule has 0 spiro atoms. The third-order valence-corrected chi connectivity index (χ3v) is 3.33. The Balaban J connectivity index is 1.85. The molecule has 1 N–H and O–H groups in total. The standard InChI is InChI=1S/C11H19N7OS/c1-8-13-9(15-19-8)7-20-10-14-16-17-18(10)6-5-12-11(2,3)4/h12H,5-7H2,1-4H3. The summed E-state index contributed by atoms with van der Waals surface area (Å²) in [6.07, 6.45) is 0. The molecule has 0 amide bonds. The van der Waals surface area contributed by atoms with E-state index in [1.54, 1.807) is 11.6 Å². The molecule has 0 aliphatic rings. The fraction of sp³-hybridized carbons (Fsp3) is 0.727. The van der Waals surface area contributed by atoms with Crippen LogP contribution in [0.3, 0.4) is 0 Å². The highest BCUT2D eigenvalue weighted by atomic mass is 32.2. The minimum absolute atomic E-state index is 0.0868. The Morgan fingerprint density at radius 1 is 1.35 bits per heavy atom. The fourth-order valence-electron chi connectivity index (χ4n) is 1.51. The van der Waals surface area contributed by atoms with Crippen molar-refractivity contribution >= 4 is 11.8 Å². The van der Waals surface area contributed by atoms with Crippen molar-refractivity contribution in [2.75, 3.05) is 6.54 Å². The van der Waals surface area contributed by atoms with Gasteiger partial charge in [-0.15, -0.1) is 5.10 Å². The van der Waals surface area contributed by atoms with Crippen LogP contribution in [0.5, 0.6) is 0 Å². The van der Waals surface area contributed by atoms with E-state index in [1.165, 1.54) is 11.8 Å². The maximum atomic E-state index is 4.92. The first-order valence-electron chi connectivity index (χ1n) is 6.37. The van der Waals surface area contributed by atoms with Crippen molar-refractivity contribution in [3.63, 3.8) is 0 Å². The first-order chi connectivity index (χ1) is 9.44. The smallest absolute Gasteiger partial charge is 0.223 e. The zero-order valence-corrected chi connectivity index (χ0v) is 12.9. The molecule has 2 aromatic rings. The van der Waals surface area contributed by atoms with Gasteiger partial charge in [0, 0.05) is 19.0 Å². The van der Waals surface area contributed by atoms with E-state index in [4.69, 9.17) is 4.52 Å². The van der Waals surface area contributed by atoms with Gasteiger partial charge < -0.3 is 9.84 Å². The highest BCUT2D eigenvalue weighted by Crippen LogP contribution is 2.18. The lowest BCUT2D eigenvalue weighted by atomic mass is 10.1. The number of aromatic nitrogens is 6. The van der Waals surface area contributed by atoms with Crippen molar-refractivity contribution in [1.82, 2.24) is 35.7 Å². The van der Waals surface area contributed by atoms with Crippen LogP contribution >= 0.6 is 11.8 Å². The average Bonchev–Trinajstić information content (AvgIpc) is 2.94. The molecule has 0 aliphatic heterocycles. The second-order valence-electron chi connectivity index (χ2n) is 5.38. The van der Waals surface area contributed by atoms with Crippen molar-refractivity contribution in [2.45, 2.75) is 50.7 Å². The maximum absolute atomic E-state index is 4.92. The summed E-state index contributed by atoms with van der Waals surface area (Å²) in [5.41, 5.74) is 0.0868. The van der Waals surface area contributed by atoms with E-state index in [0.29, 0.717) is 17.5 Å². The molecule has 9 heteroatoms. The molecular formula is C11H19N7OS. The Hall–Kier alpha value is -1.48. The van der Waals surface area contributed by atoms with Crippen molar-refractivity contribution in [3.05, 3.63) is 11.7 Å². The first kappa shape index (κ1) is 14.9. The first-order valence-corrected chi connectivity index (χ1v) is 7.36. The molecule has 0 bridgehead atoms. The molecule has 2 rings (SSSR count). The Morgan fingerprint density at radius 3 is 2.80 bits per heavy atom. The number of tetrazole rings is 1. The van der Waals surface area contributed by atoms with Gasteiger partial charge in [0.05, 0.1) is 12.3 Å². The van der Waals surface area contributed by atoms with E-state index < -0.39 is 0 Å². The Morgan fingerprint density at radius 2 is 2.15 bits per heavy atom. The van der Waals surface area contributed by atoms with Crippen LogP contribution in [0, 0.1) is 6.92 Å². The summed E-state index contributed by atoms with van der Waals surface area (Å²) >= 11 is 1.49. The fourth-order valence-corrected chi connectivity index (χ4v) is 2.25. The van der Waals surface area contributed by atoms with E-state index in [0.717, 1.165) is 18.2 Å². The SMILES string of the molecule is Cc1nc(CSc2nnnn2CCNC(C)(C)C)no1. The van der Waals surface area contributed by atoms with E-state index in [-0.39, 0.29) is 5.54 Å². The highest BCUT2D eigenvalue weighted by Gasteiger charge is 2.12. The molecule has 2 heterocycles. The third-order valence-electron chi connectivity index (χ3n) is 2.38. The van der Waals surface area contributed by atoms with Crippen molar-refractivity contribution in [2.24, 2.45) is 0 Å². The molecule has 0 aromatic carbocycles. The van der Waals surface area contributed by atoms with E-state index in [9.17, 15) is 0 Å². The number of aryl methyl sites for hydroxylation is 1. The van der Waals surface area contributed by atoms with Gasteiger partial charge in [0.25, 0.3) is 0 Å². The third kappa shape index (κ3) is 4.57. The second kappa shape index (κ2) is 6.31. The van der Waals surface area contributed by atoms with E-state index >= 15 is 0 Å². The minimum Gasteiger partial charge on any atom is -0.340 e. The van der Waals surface area contributed by atoms with Gasteiger partial charge in [0.2, 0.25) is 11.0 Å². The zero-order valence-electron chi connectivity index (χ0n) is 12.1. The van der Waals surface area contributed by atoms with Crippen LogP contribution in [0.15, 0.2) is 9.68 Å². The minimum atomic E-state index is 0.0868. The van der Waals surface area contributed by atoms with Gasteiger partial charge in [-0.3, -0.25) is 0 Å². The quantitative estimate of drug-likeness (QED) is 0.790.